The largest absolute Gasteiger partial charge is 0.232 e. The Hall–Kier alpha value is -1.82. The monoisotopic (exact) mass is 235 g/mol. The number of hydrogen-bond acceptors (Lipinski definition) is 5. The van der Waals surface area contributed by atoms with Crippen molar-refractivity contribution in [2.24, 2.45) is 0 Å². The summed E-state index contributed by atoms with van der Waals surface area (Å²) >= 11 is 0. The predicted octanol–water partition coefficient (Wildman–Crippen LogP) is 0.650. The van der Waals surface area contributed by atoms with Crippen LogP contribution in [-0.4, -0.2) is 23.4 Å². The second-order valence-electron chi connectivity index (χ2n) is 3.15. The molecule has 2 aromatic rings. The molecule has 0 N–H and O–H groups in total. The molecule has 16 heavy (non-hydrogen) atoms. The van der Waals surface area contributed by atoms with Gasteiger partial charge in [-0.3, -0.25) is 0 Å². The van der Waals surface area contributed by atoms with Crippen LogP contribution in [0.2, 0.25) is 0 Å². The molecule has 1 heterocycles. The quantitative estimate of drug-likeness (QED) is 0.791. The minimum absolute atomic E-state index is 0.0623. The number of hydrogen-bond donors (Lipinski definition) is 1. The molecule has 0 aliphatic heterocycles. The van der Waals surface area contributed by atoms with Crippen LogP contribution in [0, 0.1) is 0 Å². The topological polar surface area (TPSA) is 72.8 Å². The van der Waals surface area contributed by atoms with Gasteiger partial charge in [0.2, 0.25) is 0 Å². The summed E-state index contributed by atoms with van der Waals surface area (Å²) in [7, 11) is -2.38. The van der Waals surface area contributed by atoms with Crippen molar-refractivity contribution >= 4 is 10.7 Å². The molecule has 0 saturated carbocycles. The minimum Gasteiger partial charge on any atom is -0.232 e. The van der Waals surface area contributed by atoms with Crippen molar-refractivity contribution in [2.75, 3.05) is 0 Å². The van der Waals surface area contributed by atoms with Crippen LogP contribution in [0.3, 0.4) is 0 Å². The van der Waals surface area contributed by atoms with E-state index in [4.69, 9.17) is 0 Å². The molecule has 2 rings (SSSR count). The lowest BCUT2D eigenvalue weighted by Crippen LogP contribution is -1.90. The van der Waals surface area contributed by atoms with Gasteiger partial charge in [-0.1, -0.05) is 24.3 Å². The average molecular weight is 235 g/mol. The molecule has 0 fully saturated rings. The Kier molecular flexibility index (Phi) is 3.21. The van der Waals surface area contributed by atoms with Crippen LogP contribution in [0.25, 0.3) is 11.4 Å². The van der Waals surface area contributed by atoms with E-state index >= 15 is 0 Å². The number of rotatable bonds is 3. The third-order valence-corrected chi connectivity index (χ3v) is 2.64. The first-order chi connectivity index (χ1) is 7.75. The highest BCUT2D eigenvalue weighted by Crippen LogP contribution is 2.14. The van der Waals surface area contributed by atoms with Gasteiger partial charge in [-0.15, -0.1) is 0 Å². The lowest BCUT2D eigenvalue weighted by Gasteiger charge is -1.99. The second-order valence-corrected chi connectivity index (χ2v) is 4.13. The minimum atomic E-state index is -2.38. The fraction of sp³-hybridized carbons (Fsp3) is 0.100. The maximum absolute atomic E-state index is 10.5. The Labute approximate surface area is 94.2 Å². The molecule has 0 saturated heterocycles. The van der Waals surface area contributed by atoms with Gasteiger partial charge in [0, 0.05) is 5.56 Å². The van der Waals surface area contributed by atoms with Crippen LogP contribution in [0.1, 0.15) is 5.56 Å². The Balaban J connectivity index is 2.26. The zero-order valence-electron chi connectivity index (χ0n) is 8.28. The van der Waals surface area contributed by atoms with Crippen LogP contribution >= 0.6 is 0 Å². The van der Waals surface area contributed by atoms with Gasteiger partial charge in [-0.25, -0.2) is 23.4 Å². The Morgan fingerprint density at radius 3 is 2.19 bits per heavy atom. The molecule has 0 spiro atoms. The number of benzene rings is 1. The van der Waals surface area contributed by atoms with Gasteiger partial charge >= 0.3 is 0 Å². The Morgan fingerprint density at radius 2 is 1.62 bits per heavy atom. The zero-order chi connectivity index (χ0) is 11.4. The van der Waals surface area contributed by atoms with E-state index < -0.39 is 10.7 Å². The standard InChI is InChI=1S/C10H9N3O2S/c14-16(15)5-8-1-3-9(4-2-8)10-12-6-11-7-13-10/h1-4,6-7,16H,5H2. The zero-order valence-corrected chi connectivity index (χ0v) is 9.17. The lowest BCUT2D eigenvalue weighted by atomic mass is 10.1. The van der Waals surface area contributed by atoms with Crippen molar-refractivity contribution in [1.82, 2.24) is 15.0 Å². The highest BCUT2D eigenvalue weighted by molar-refractivity contribution is 7.71. The van der Waals surface area contributed by atoms with E-state index in [0.717, 1.165) is 11.1 Å². The molecular formula is C10H9N3O2S. The first kappa shape index (κ1) is 10.7. The van der Waals surface area contributed by atoms with E-state index in [9.17, 15) is 8.42 Å². The van der Waals surface area contributed by atoms with Crippen molar-refractivity contribution in [1.29, 1.82) is 0 Å². The summed E-state index contributed by atoms with van der Waals surface area (Å²) in [5.41, 5.74) is 1.60. The van der Waals surface area contributed by atoms with Crippen molar-refractivity contribution in [3.8, 4) is 11.4 Å². The summed E-state index contributed by atoms with van der Waals surface area (Å²) in [6.07, 6.45) is 2.84. The molecule has 1 aromatic heterocycles. The fourth-order valence-electron chi connectivity index (χ4n) is 1.30. The maximum Gasteiger partial charge on any atom is 0.162 e. The molecule has 0 radical (unpaired) electrons. The van der Waals surface area contributed by atoms with Gasteiger partial charge in [0.25, 0.3) is 0 Å². The van der Waals surface area contributed by atoms with E-state index in [2.05, 4.69) is 15.0 Å². The summed E-state index contributed by atoms with van der Waals surface area (Å²) in [5.74, 6) is 0.639. The average Bonchev–Trinajstić information content (AvgIpc) is 2.30. The smallest absolute Gasteiger partial charge is 0.162 e. The molecule has 5 nitrogen and oxygen atoms in total. The predicted molar refractivity (Wildman–Crippen MR) is 59.3 cm³/mol. The van der Waals surface area contributed by atoms with Crippen LogP contribution in [-0.2, 0) is 16.5 Å². The van der Waals surface area contributed by atoms with Crippen molar-refractivity contribution in [2.45, 2.75) is 5.75 Å². The molecule has 6 heteroatoms. The van der Waals surface area contributed by atoms with E-state index in [0.29, 0.717) is 5.82 Å². The summed E-state index contributed by atoms with van der Waals surface area (Å²) in [6.45, 7) is 0. The van der Waals surface area contributed by atoms with E-state index in [1.54, 1.807) is 24.3 Å². The highest BCUT2D eigenvalue weighted by Gasteiger charge is 2.00. The molecular weight excluding hydrogens is 226 g/mol. The van der Waals surface area contributed by atoms with Gasteiger partial charge in [0.1, 0.15) is 23.4 Å². The van der Waals surface area contributed by atoms with E-state index in [1.165, 1.54) is 12.7 Å². The Bertz CT molecular complexity index is 530. The first-order valence-corrected chi connectivity index (χ1v) is 5.95. The number of aromatic nitrogens is 3. The molecule has 0 atom stereocenters. The van der Waals surface area contributed by atoms with Crippen LogP contribution in [0.4, 0.5) is 0 Å². The number of thiol groups is 1. The molecule has 0 bridgehead atoms. The fourth-order valence-corrected chi connectivity index (χ4v) is 1.81. The molecule has 0 aliphatic rings. The van der Waals surface area contributed by atoms with Crippen molar-refractivity contribution in [3.05, 3.63) is 42.5 Å². The van der Waals surface area contributed by atoms with Crippen LogP contribution < -0.4 is 0 Å². The SMILES string of the molecule is O=[SH](=O)Cc1ccc(-c2ncncn2)cc1. The summed E-state index contributed by atoms with van der Waals surface area (Å²) in [5, 5.41) is 0. The third-order valence-electron chi connectivity index (χ3n) is 2.02. The van der Waals surface area contributed by atoms with Gasteiger partial charge in [-0.05, 0) is 5.56 Å². The summed E-state index contributed by atoms with van der Waals surface area (Å²) < 4.78 is 21.1. The van der Waals surface area contributed by atoms with Crippen LogP contribution in [0.5, 0.6) is 0 Å². The van der Waals surface area contributed by atoms with Gasteiger partial charge in [0.05, 0.1) is 5.75 Å². The molecule has 82 valence electrons. The lowest BCUT2D eigenvalue weighted by molar-refractivity contribution is 0.614. The second kappa shape index (κ2) is 4.80. The van der Waals surface area contributed by atoms with Gasteiger partial charge < -0.3 is 0 Å². The third kappa shape index (κ3) is 2.60. The normalized spacial score (nSPS) is 10.6. The van der Waals surface area contributed by atoms with Crippen LogP contribution in [0.15, 0.2) is 36.9 Å². The summed E-state index contributed by atoms with van der Waals surface area (Å²) in [6, 6.07) is 7.10. The molecule has 0 unspecified atom stereocenters. The molecule has 0 amide bonds. The van der Waals surface area contributed by atoms with E-state index in [-0.39, 0.29) is 5.75 Å². The molecule has 1 aromatic carbocycles. The van der Waals surface area contributed by atoms with Gasteiger partial charge in [0.15, 0.2) is 5.82 Å². The number of nitrogens with zero attached hydrogens (tertiary/aromatic N) is 3. The maximum atomic E-state index is 10.5. The van der Waals surface area contributed by atoms with Crippen molar-refractivity contribution < 1.29 is 8.42 Å². The van der Waals surface area contributed by atoms with Gasteiger partial charge in [-0.2, -0.15) is 0 Å². The molecule has 0 aliphatic carbocycles. The first-order valence-electron chi connectivity index (χ1n) is 4.59. The highest BCUT2D eigenvalue weighted by atomic mass is 32.2. The Morgan fingerprint density at radius 1 is 1.00 bits per heavy atom. The van der Waals surface area contributed by atoms with E-state index in [1.807, 2.05) is 0 Å². The summed E-state index contributed by atoms with van der Waals surface area (Å²) in [4.78, 5) is 11.7. The van der Waals surface area contributed by atoms with Crippen molar-refractivity contribution in [3.63, 3.8) is 0 Å².